The van der Waals surface area contributed by atoms with Gasteiger partial charge in [-0.1, -0.05) is 32.6 Å². The minimum absolute atomic E-state index is 0.143. The topological polar surface area (TPSA) is 66.8 Å². The molecule has 0 aromatic heterocycles. The van der Waals surface area contributed by atoms with Gasteiger partial charge in [-0.05, 0) is 26.2 Å². The Morgan fingerprint density at radius 1 is 1.25 bits per heavy atom. The summed E-state index contributed by atoms with van der Waals surface area (Å²) in [6, 6.07) is 0. The van der Waals surface area contributed by atoms with Gasteiger partial charge in [0.2, 0.25) is 0 Å². The summed E-state index contributed by atoms with van der Waals surface area (Å²) < 4.78 is 5.86. The van der Waals surface area contributed by atoms with E-state index in [1.165, 1.54) is 17.7 Å². The van der Waals surface area contributed by atoms with Crippen LogP contribution in [0.2, 0.25) is 0 Å². The van der Waals surface area contributed by atoms with E-state index >= 15 is 0 Å². The van der Waals surface area contributed by atoms with Crippen LogP contribution in [0.25, 0.3) is 0 Å². The first-order valence-corrected chi connectivity index (χ1v) is 7.70. The monoisotopic (exact) mass is 285 g/mol. The first-order valence-electron chi connectivity index (χ1n) is 7.70. The lowest BCUT2D eigenvalue weighted by Gasteiger charge is -2.26. The molecule has 0 saturated heterocycles. The van der Waals surface area contributed by atoms with Crippen LogP contribution in [0.1, 0.15) is 58.8 Å². The van der Waals surface area contributed by atoms with Crippen LogP contribution >= 0.6 is 0 Å². The molecule has 5 nitrogen and oxygen atoms in total. The van der Waals surface area contributed by atoms with Crippen LogP contribution in [0.5, 0.6) is 0 Å². The van der Waals surface area contributed by atoms with Crippen LogP contribution in [0.3, 0.4) is 0 Å². The molecule has 1 fully saturated rings. The number of nitrogens with zero attached hydrogens (tertiary/aromatic N) is 1. The summed E-state index contributed by atoms with van der Waals surface area (Å²) in [6.45, 7) is 3.88. The van der Waals surface area contributed by atoms with E-state index in [1.807, 2.05) is 6.92 Å². The molecule has 0 radical (unpaired) electrons. The minimum Gasteiger partial charge on any atom is -0.480 e. The quantitative estimate of drug-likeness (QED) is 0.730. The molecule has 1 unspecified atom stereocenters. The third kappa shape index (κ3) is 5.90. The number of rotatable bonds is 7. The van der Waals surface area contributed by atoms with Gasteiger partial charge in [0, 0.05) is 6.54 Å². The summed E-state index contributed by atoms with van der Waals surface area (Å²) in [5, 5.41) is 8.87. The van der Waals surface area contributed by atoms with E-state index in [0.29, 0.717) is 6.54 Å². The van der Waals surface area contributed by atoms with Crippen LogP contribution in [0.4, 0.5) is 0 Å². The second kappa shape index (κ2) is 8.95. The van der Waals surface area contributed by atoms with E-state index in [9.17, 15) is 9.59 Å². The van der Waals surface area contributed by atoms with Crippen molar-refractivity contribution >= 4 is 11.9 Å². The van der Waals surface area contributed by atoms with Crippen LogP contribution in [-0.4, -0.2) is 47.2 Å². The van der Waals surface area contributed by atoms with Gasteiger partial charge in [-0.15, -0.1) is 0 Å². The van der Waals surface area contributed by atoms with Crippen LogP contribution in [-0.2, 0) is 14.3 Å². The van der Waals surface area contributed by atoms with E-state index in [-0.39, 0.29) is 18.6 Å². The molecule has 1 amide bonds. The zero-order valence-corrected chi connectivity index (χ0v) is 12.6. The van der Waals surface area contributed by atoms with Crippen molar-refractivity contribution in [1.29, 1.82) is 0 Å². The Bertz CT molecular complexity index is 311. The number of hydrogen-bond donors (Lipinski definition) is 1. The second-order valence-corrected chi connectivity index (χ2v) is 5.55. The molecule has 0 aliphatic heterocycles. The van der Waals surface area contributed by atoms with Gasteiger partial charge < -0.3 is 14.7 Å². The van der Waals surface area contributed by atoms with E-state index in [2.05, 4.69) is 0 Å². The number of carbonyl (C=O) groups excluding carboxylic acids is 1. The Balaban J connectivity index is 2.51. The molecule has 5 heteroatoms. The fourth-order valence-electron chi connectivity index (χ4n) is 2.68. The van der Waals surface area contributed by atoms with E-state index in [1.54, 1.807) is 6.92 Å². The summed E-state index contributed by atoms with van der Waals surface area (Å²) in [7, 11) is 0. The number of carboxylic acid groups (broad SMARTS) is 1. The molecule has 1 N–H and O–H groups in total. The third-order valence-corrected chi connectivity index (χ3v) is 3.68. The Morgan fingerprint density at radius 3 is 2.35 bits per heavy atom. The van der Waals surface area contributed by atoms with Gasteiger partial charge in [-0.2, -0.15) is 0 Å². The van der Waals surface area contributed by atoms with Crippen molar-refractivity contribution in [2.24, 2.45) is 0 Å². The molecule has 0 spiro atoms. The lowest BCUT2D eigenvalue weighted by atomic mass is 10.1. The maximum absolute atomic E-state index is 12.3. The van der Waals surface area contributed by atoms with Crippen LogP contribution in [0, 0.1) is 0 Å². The van der Waals surface area contributed by atoms with Crippen LogP contribution < -0.4 is 0 Å². The number of hydrogen-bond acceptors (Lipinski definition) is 3. The van der Waals surface area contributed by atoms with Gasteiger partial charge in [0.05, 0.1) is 6.10 Å². The zero-order valence-electron chi connectivity index (χ0n) is 12.6. The molecular weight excluding hydrogens is 258 g/mol. The highest BCUT2D eigenvalue weighted by molar-refractivity contribution is 5.84. The molecule has 1 aliphatic rings. The Morgan fingerprint density at radius 2 is 1.85 bits per heavy atom. The maximum atomic E-state index is 12.3. The largest absolute Gasteiger partial charge is 0.480 e. The van der Waals surface area contributed by atoms with Crippen LogP contribution in [0.15, 0.2) is 0 Å². The first kappa shape index (κ1) is 17.0. The van der Waals surface area contributed by atoms with Gasteiger partial charge in [0.25, 0.3) is 5.91 Å². The summed E-state index contributed by atoms with van der Waals surface area (Å²) in [5.74, 6) is -1.19. The number of carbonyl (C=O) groups is 2. The smallest absolute Gasteiger partial charge is 0.323 e. The Labute approximate surface area is 121 Å². The molecule has 1 saturated carbocycles. The fraction of sp³-hybridized carbons (Fsp3) is 0.867. The maximum Gasteiger partial charge on any atom is 0.323 e. The van der Waals surface area contributed by atoms with Crippen molar-refractivity contribution in [1.82, 2.24) is 4.90 Å². The highest BCUT2D eigenvalue weighted by Crippen LogP contribution is 2.21. The lowest BCUT2D eigenvalue weighted by molar-refractivity contribution is -0.152. The van der Waals surface area contributed by atoms with Crippen molar-refractivity contribution in [3.05, 3.63) is 0 Å². The average Bonchev–Trinajstić information content (AvgIpc) is 2.65. The van der Waals surface area contributed by atoms with Gasteiger partial charge in [0.1, 0.15) is 12.6 Å². The number of ether oxygens (including phenoxy) is 1. The highest BCUT2D eigenvalue weighted by atomic mass is 16.5. The molecule has 0 aromatic rings. The predicted molar refractivity (Wildman–Crippen MR) is 76.5 cm³/mol. The third-order valence-electron chi connectivity index (χ3n) is 3.68. The van der Waals surface area contributed by atoms with Gasteiger partial charge in [-0.25, -0.2) is 0 Å². The first-order chi connectivity index (χ1) is 9.54. The molecular formula is C15H27NO4. The lowest BCUT2D eigenvalue weighted by Crippen LogP contribution is -2.43. The Hall–Kier alpha value is -1.10. The summed E-state index contributed by atoms with van der Waals surface area (Å²) >= 11 is 0. The fourth-order valence-corrected chi connectivity index (χ4v) is 2.68. The van der Waals surface area contributed by atoms with Crippen molar-refractivity contribution < 1.29 is 19.4 Å². The number of carboxylic acids is 1. The SMILES string of the molecule is CCCN(CC(=O)O)C(=O)C(C)OC1CCCCCC1. The van der Waals surface area contributed by atoms with Gasteiger partial charge >= 0.3 is 5.97 Å². The standard InChI is InChI=1S/C15H27NO4/c1-3-10-16(11-14(17)18)15(19)12(2)20-13-8-6-4-5-7-9-13/h12-13H,3-11H2,1-2H3,(H,17,18). The van der Waals surface area contributed by atoms with Crippen molar-refractivity contribution in [3.8, 4) is 0 Å². The number of aliphatic carboxylic acids is 1. The highest BCUT2D eigenvalue weighted by Gasteiger charge is 2.25. The zero-order chi connectivity index (χ0) is 15.0. The Kier molecular flexibility index (Phi) is 7.59. The molecule has 20 heavy (non-hydrogen) atoms. The molecule has 1 atom stereocenters. The van der Waals surface area contributed by atoms with Crippen molar-refractivity contribution in [2.45, 2.75) is 71.0 Å². The summed E-state index contributed by atoms with van der Waals surface area (Å²) in [6.07, 6.45) is 7.13. The second-order valence-electron chi connectivity index (χ2n) is 5.55. The van der Waals surface area contributed by atoms with Gasteiger partial charge in [-0.3, -0.25) is 9.59 Å². The average molecular weight is 285 g/mol. The summed E-state index contributed by atoms with van der Waals surface area (Å²) in [5.41, 5.74) is 0. The van der Waals surface area contributed by atoms with E-state index in [0.717, 1.165) is 32.1 Å². The normalized spacial score (nSPS) is 18.3. The molecule has 116 valence electrons. The minimum atomic E-state index is -0.978. The van der Waals surface area contributed by atoms with E-state index in [4.69, 9.17) is 9.84 Å². The molecule has 0 bridgehead atoms. The summed E-state index contributed by atoms with van der Waals surface area (Å²) in [4.78, 5) is 24.5. The van der Waals surface area contributed by atoms with E-state index < -0.39 is 12.1 Å². The van der Waals surface area contributed by atoms with Crippen molar-refractivity contribution in [3.63, 3.8) is 0 Å². The molecule has 1 aliphatic carbocycles. The van der Waals surface area contributed by atoms with Crippen molar-refractivity contribution in [2.75, 3.05) is 13.1 Å². The van der Waals surface area contributed by atoms with Gasteiger partial charge in [0.15, 0.2) is 0 Å². The number of amides is 1. The molecule has 1 rings (SSSR count). The predicted octanol–water partition coefficient (Wildman–Crippen LogP) is 2.44. The molecule has 0 heterocycles. The molecule has 0 aromatic carbocycles.